The summed E-state index contributed by atoms with van der Waals surface area (Å²) in [7, 11) is 3.31. The molecule has 0 atom stereocenters. The quantitative estimate of drug-likeness (QED) is 0.281. The number of hydroxylamine groups is 3. The summed E-state index contributed by atoms with van der Waals surface area (Å²) >= 11 is 0. The molecule has 2 amide bonds. The maximum atomic E-state index is 11.3. The van der Waals surface area contributed by atoms with Crippen LogP contribution < -0.4 is 16.1 Å². The molecule has 18 heavy (non-hydrogen) atoms. The summed E-state index contributed by atoms with van der Waals surface area (Å²) in [5.74, 6) is -0.385. The van der Waals surface area contributed by atoms with Gasteiger partial charge in [-0.1, -0.05) is 0 Å². The number of hydrogen-bond acceptors (Lipinski definition) is 6. The van der Waals surface area contributed by atoms with E-state index in [4.69, 9.17) is 10.0 Å². The molecule has 0 aromatic rings. The third-order valence-corrected chi connectivity index (χ3v) is 2.20. The molecule has 0 bridgehead atoms. The largest absolute Gasteiger partial charge is 0.355 e. The molecule has 0 fully saturated rings. The number of nitrogens with zero attached hydrogens (tertiary/aromatic N) is 1. The van der Waals surface area contributed by atoms with Gasteiger partial charge in [0.1, 0.15) is 0 Å². The molecule has 106 valence electrons. The van der Waals surface area contributed by atoms with Gasteiger partial charge in [-0.05, 0) is 0 Å². The number of rotatable bonds is 10. The van der Waals surface area contributed by atoms with Crippen LogP contribution in [0, 0.1) is 0 Å². The third-order valence-electron chi connectivity index (χ3n) is 2.20. The monoisotopic (exact) mass is 262 g/mol. The number of likely N-dealkylation sites (N-methyl/N-ethyl adjacent to an activating group) is 1. The molecular formula is C10H22N4O4. The zero-order valence-electron chi connectivity index (χ0n) is 10.9. The molecule has 0 radical (unpaired) electrons. The van der Waals surface area contributed by atoms with E-state index in [9.17, 15) is 9.59 Å². The van der Waals surface area contributed by atoms with Crippen molar-refractivity contribution in [2.45, 2.75) is 12.8 Å². The lowest BCUT2D eigenvalue weighted by Gasteiger charge is -2.13. The minimum absolute atomic E-state index is 0.136. The maximum absolute atomic E-state index is 11.3. The fourth-order valence-electron chi connectivity index (χ4n) is 1.11. The molecule has 0 aliphatic heterocycles. The number of amides is 2. The summed E-state index contributed by atoms with van der Waals surface area (Å²) in [5, 5.41) is 15.1. The van der Waals surface area contributed by atoms with Crippen molar-refractivity contribution < 1.29 is 19.6 Å². The molecule has 0 saturated carbocycles. The predicted molar refractivity (Wildman–Crippen MR) is 64.7 cm³/mol. The van der Waals surface area contributed by atoms with Crippen LogP contribution in [0.3, 0.4) is 0 Å². The number of carbonyl (C=O) groups excluding carboxylic acids is 2. The topological polar surface area (TPSA) is 103 Å². The Balaban J connectivity index is 3.49. The third kappa shape index (κ3) is 9.97. The van der Waals surface area contributed by atoms with Gasteiger partial charge in [-0.3, -0.25) is 9.59 Å². The van der Waals surface area contributed by atoms with Crippen LogP contribution in [-0.2, 0) is 14.4 Å². The molecular weight excluding hydrogens is 240 g/mol. The Morgan fingerprint density at radius 1 is 1.11 bits per heavy atom. The van der Waals surface area contributed by atoms with Gasteiger partial charge < -0.3 is 20.7 Å². The van der Waals surface area contributed by atoms with Gasteiger partial charge >= 0.3 is 0 Å². The van der Waals surface area contributed by atoms with E-state index < -0.39 is 0 Å². The van der Waals surface area contributed by atoms with Crippen LogP contribution in [-0.4, -0.2) is 62.4 Å². The summed E-state index contributed by atoms with van der Waals surface area (Å²) < 4.78 is 0. The molecule has 0 aliphatic rings. The molecule has 4 N–H and O–H groups in total. The van der Waals surface area contributed by atoms with E-state index >= 15 is 0 Å². The lowest BCUT2D eigenvalue weighted by Crippen LogP contribution is -2.34. The Morgan fingerprint density at radius 2 is 1.67 bits per heavy atom. The summed E-state index contributed by atoms with van der Waals surface area (Å²) in [6.45, 7) is 1.66. The minimum atomic E-state index is -0.214. The van der Waals surface area contributed by atoms with Gasteiger partial charge in [0, 0.05) is 46.1 Å². The van der Waals surface area contributed by atoms with Crippen LogP contribution in [0.15, 0.2) is 0 Å². The Hall–Kier alpha value is -1.22. The zero-order chi connectivity index (χ0) is 13.8. The number of nitrogens with one attached hydrogen (secondary N) is 3. The van der Waals surface area contributed by atoms with Crippen LogP contribution in [0.25, 0.3) is 0 Å². The highest BCUT2D eigenvalue weighted by Gasteiger charge is 2.06. The Morgan fingerprint density at radius 3 is 2.17 bits per heavy atom. The van der Waals surface area contributed by atoms with Crippen molar-refractivity contribution in [3.05, 3.63) is 0 Å². The molecule has 0 aromatic heterocycles. The number of carbonyl (C=O) groups is 2. The summed E-state index contributed by atoms with van der Waals surface area (Å²) in [5.41, 5.74) is 1.92. The molecule has 0 unspecified atom stereocenters. The second kappa shape index (κ2) is 10.9. The molecule has 0 heterocycles. The van der Waals surface area contributed by atoms with Gasteiger partial charge in [0.25, 0.3) is 0 Å². The van der Waals surface area contributed by atoms with Crippen LogP contribution in [0.1, 0.15) is 12.8 Å². The molecule has 8 heteroatoms. The van der Waals surface area contributed by atoms with Crippen molar-refractivity contribution in [3.8, 4) is 0 Å². The highest BCUT2D eigenvalue weighted by molar-refractivity contribution is 5.83. The van der Waals surface area contributed by atoms with E-state index in [0.29, 0.717) is 19.6 Å². The summed E-state index contributed by atoms with van der Waals surface area (Å²) in [6, 6.07) is 0. The van der Waals surface area contributed by atoms with Crippen molar-refractivity contribution in [1.82, 2.24) is 21.2 Å². The fraction of sp³-hybridized carbons (Fsp3) is 0.800. The molecule has 0 aliphatic carbocycles. The zero-order valence-corrected chi connectivity index (χ0v) is 10.9. The van der Waals surface area contributed by atoms with Gasteiger partial charge in [0.2, 0.25) is 11.8 Å². The maximum Gasteiger partial charge on any atom is 0.220 e. The lowest BCUT2D eigenvalue weighted by atomic mass is 10.3. The van der Waals surface area contributed by atoms with Gasteiger partial charge in [0.05, 0.1) is 7.11 Å². The molecule has 0 aromatic carbocycles. The first kappa shape index (κ1) is 16.8. The smallest absolute Gasteiger partial charge is 0.220 e. The SMILES string of the molecule is CON(C)CCNC(=O)CCC(=O)NCCNO. The Labute approximate surface area is 107 Å². The van der Waals surface area contributed by atoms with Gasteiger partial charge in [-0.2, -0.15) is 5.06 Å². The van der Waals surface area contributed by atoms with Crippen LogP contribution in [0.4, 0.5) is 0 Å². The lowest BCUT2D eigenvalue weighted by molar-refractivity contribution is -0.127. The van der Waals surface area contributed by atoms with E-state index in [1.54, 1.807) is 19.2 Å². The van der Waals surface area contributed by atoms with Crippen LogP contribution in [0.5, 0.6) is 0 Å². The van der Waals surface area contributed by atoms with Crippen molar-refractivity contribution in [3.63, 3.8) is 0 Å². The van der Waals surface area contributed by atoms with Gasteiger partial charge in [-0.25, -0.2) is 5.48 Å². The van der Waals surface area contributed by atoms with Crippen LogP contribution >= 0.6 is 0 Å². The Bertz CT molecular complexity index is 250. The standard InChI is InChI=1S/C10H22N4O4/c1-14(18-2)8-7-12-10(16)4-3-9(15)11-5-6-13-17/h13,17H,3-8H2,1-2H3,(H,11,15)(H,12,16). The first-order valence-electron chi connectivity index (χ1n) is 5.75. The van der Waals surface area contributed by atoms with Crippen molar-refractivity contribution >= 4 is 11.8 Å². The van der Waals surface area contributed by atoms with E-state index in [2.05, 4.69) is 10.6 Å². The average Bonchev–Trinajstić information content (AvgIpc) is 2.36. The molecule has 0 spiro atoms. The first-order chi connectivity index (χ1) is 8.60. The van der Waals surface area contributed by atoms with E-state index in [1.165, 1.54) is 0 Å². The first-order valence-corrected chi connectivity index (χ1v) is 5.75. The molecule has 8 nitrogen and oxygen atoms in total. The normalized spacial score (nSPS) is 10.4. The van der Waals surface area contributed by atoms with Crippen LogP contribution in [0.2, 0.25) is 0 Å². The van der Waals surface area contributed by atoms with Crippen molar-refractivity contribution in [2.24, 2.45) is 0 Å². The van der Waals surface area contributed by atoms with Crippen molar-refractivity contribution in [2.75, 3.05) is 40.3 Å². The average molecular weight is 262 g/mol. The molecule has 0 rings (SSSR count). The van der Waals surface area contributed by atoms with E-state index in [0.717, 1.165) is 0 Å². The fourth-order valence-corrected chi connectivity index (χ4v) is 1.11. The summed E-state index contributed by atoms with van der Waals surface area (Å²) in [4.78, 5) is 27.4. The van der Waals surface area contributed by atoms with E-state index in [1.807, 2.05) is 5.48 Å². The second-order valence-electron chi connectivity index (χ2n) is 3.64. The predicted octanol–water partition coefficient (Wildman–Crippen LogP) is -1.53. The molecule has 0 saturated heterocycles. The van der Waals surface area contributed by atoms with Crippen molar-refractivity contribution in [1.29, 1.82) is 0 Å². The highest BCUT2D eigenvalue weighted by Crippen LogP contribution is 1.89. The number of hydrogen-bond donors (Lipinski definition) is 4. The van der Waals surface area contributed by atoms with Gasteiger partial charge in [0.15, 0.2) is 0 Å². The minimum Gasteiger partial charge on any atom is -0.355 e. The van der Waals surface area contributed by atoms with Gasteiger partial charge in [-0.15, -0.1) is 0 Å². The second-order valence-corrected chi connectivity index (χ2v) is 3.64. The highest BCUT2D eigenvalue weighted by atomic mass is 16.7. The summed E-state index contributed by atoms with van der Waals surface area (Å²) in [6.07, 6.45) is 0.284. The Kier molecular flexibility index (Phi) is 10.2. The van der Waals surface area contributed by atoms with E-state index in [-0.39, 0.29) is 31.2 Å².